The lowest BCUT2D eigenvalue weighted by Gasteiger charge is -2.14. The average molecular weight is 300 g/mol. The molecule has 0 aliphatic rings. The van der Waals surface area contributed by atoms with Crippen molar-refractivity contribution in [3.63, 3.8) is 0 Å². The van der Waals surface area contributed by atoms with Gasteiger partial charge in [0.1, 0.15) is 5.75 Å². The summed E-state index contributed by atoms with van der Waals surface area (Å²) in [5.41, 5.74) is 3.31. The lowest BCUT2D eigenvalue weighted by atomic mass is 10.0. The molecule has 1 aromatic heterocycles. The summed E-state index contributed by atoms with van der Waals surface area (Å²) in [4.78, 5) is 4.42. The molecule has 0 saturated heterocycles. The molecule has 0 aliphatic carbocycles. The molecule has 0 aliphatic heterocycles. The van der Waals surface area contributed by atoms with E-state index >= 15 is 0 Å². The number of nitrogens with zero attached hydrogens (tertiary/aromatic N) is 2. The lowest BCUT2D eigenvalue weighted by Crippen LogP contribution is -2.04. The van der Waals surface area contributed by atoms with Crippen LogP contribution in [0.3, 0.4) is 0 Å². The normalized spacial score (nSPS) is 10.6. The molecule has 3 nitrogen and oxygen atoms in total. The van der Waals surface area contributed by atoms with Gasteiger partial charge in [0.2, 0.25) is 0 Å². The zero-order chi connectivity index (χ0) is 15.2. The highest BCUT2D eigenvalue weighted by Crippen LogP contribution is 2.27. The third-order valence-corrected chi connectivity index (χ3v) is 4.18. The molecule has 1 aromatic carbocycles. The van der Waals surface area contributed by atoms with Gasteiger partial charge >= 0.3 is 0 Å². The minimum atomic E-state index is 0.382. The molecule has 0 atom stereocenters. The minimum absolute atomic E-state index is 0.382. The Morgan fingerprint density at radius 2 is 2.19 bits per heavy atom. The van der Waals surface area contributed by atoms with E-state index < -0.39 is 0 Å². The van der Waals surface area contributed by atoms with Crippen LogP contribution >= 0.6 is 11.3 Å². The summed E-state index contributed by atoms with van der Waals surface area (Å²) in [5, 5.41) is 11.6. The highest BCUT2D eigenvalue weighted by molar-refractivity contribution is 7.09. The molecule has 0 N–H and O–H groups in total. The van der Waals surface area contributed by atoms with E-state index in [4.69, 9.17) is 10.00 Å². The van der Waals surface area contributed by atoms with Crippen molar-refractivity contribution >= 4 is 11.3 Å². The molecular weight excluding hydrogens is 280 g/mol. The monoisotopic (exact) mass is 300 g/mol. The van der Waals surface area contributed by atoms with Gasteiger partial charge in [-0.05, 0) is 30.0 Å². The second kappa shape index (κ2) is 7.24. The zero-order valence-corrected chi connectivity index (χ0v) is 13.5. The van der Waals surface area contributed by atoms with Gasteiger partial charge in [0.05, 0.1) is 29.8 Å². The molecule has 2 rings (SSSR count). The molecule has 21 heavy (non-hydrogen) atoms. The van der Waals surface area contributed by atoms with Crippen molar-refractivity contribution in [3.8, 4) is 11.8 Å². The minimum Gasteiger partial charge on any atom is -0.493 e. The predicted octanol–water partition coefficient (Wildman–Crippen LogP) is 4.26. The van der Waals surface area contributed by atoms with Crippen LogP contribution in [0.4, 0.5) is 0 Å². The summed E-state index contributed by atoms with van der Waals surface area (Å²) < 4.78 is 5.95. The molecule has 0 saturated carbocycles. The van der Waals surface area contributed by atoms with Gasteiger partial charge in [0.25, 0.3) is 0 Å². The van der Waals surface area contributed by atoms with Crippen molar-refractivity contribution in [3.05, 3.63) is 45.4 Å². The summed E-state index contributed by atoms with van der Waals surface area (Å²) in [5.74, 6) is 1.42. The molecule has 0 amide bonds. The van der Waals surface area contributed by atoms with Crippen LogP contribution in [0.2, 0.25) is 0 Å². The van der Waals surface area contributed by atoms with E-state index in [0.717, 1.165) is 22.9 Å². The molecule has 0 radical (unpaired) electrons. The SMILES string of the molecule is Cc1ccc(C(C)C)c(OCCc2nc(CC#N)cs2)c1. The van der Waals surface area contributed by atoms with Crippen LogP contribution in [-0.2, 0) is 12.8 Å². The fourth-order valence-corrected chi connectivity index (χ4v) is 2.90. The Kier molecular flexibility index (Phi) is 5.35. The molecule has 0 fully saturated rings. The van der Waals surface area contributed by atoms with Crippen molar-refractivity contribution in [2.45, 2.75) is 39.5 Å². The molecule has 110 valence electrons. The Labute approximate surface area is 130 Å². The third kappa shape index (κ3) is 4.30. The number of hydrogen-bond donors (Lipinski definition) is 0. The number of aromatic nitrogens is 1. The Hall–Kier alpha value is -1.86. The van der Waals surface area contributed by atoms with Crippen LogP contribution in [0, 0.1) is 18.3 Å². The van der Waals surface area contributed by atoms with Crippen LogP contribution in [0.1, 0.15) is 41.6 Å². The van der Waals surface area contributed by atoms with Gasteiger partial charge in [-0.1, -0.05) is 26.0 Å². The maximum atomic E-state index is 8.65. The van der Waals surface area contributed by atoms with Crippen molar-refractivity contribution in [1.29, 1.82) is 5.26 Å². The highest BCUT2D eigenvalue weighted by atomic mass is 32.1. The van der Waals surface area contributed by atoms with E-state index in [9.17, 15) is 0 Å². The van der Waals surface area contributed by atoms with E-state index in [1.54, 1.807) is 11.3 Å². The number of thiazole rings is 1. The Bertz CT molecular complexity index is 640. The van der Waals surface area contributed by atoms with Crippen LogP contribution in [0.25, 0.3) is 0 Å². The van der Waals surface area contributed by atoms with E-state index in [-0.39, 0.29) is 0 Å². The van der Waals surface area contributed by atoms with Crippen LogP contribution in [-0.4, -0.2) is 11.6 Å². The molecule has 4 heteroatoms. The fraction of sp³-hybridized carbons (Fsp3) is 0.412. The average Bonchev–Trinajstić information content (AvgIpc) is 2.86. The molecule has 0 spiro atoms. The quantitative estimate of drug-likeness (QED) is 0.800. The lowest BCUT2D eigenvalue weighted by molar-refractivity contribution is 0.317. The standard InChI is InChI=1S/C17H20N2OS/c1-12(2)15-5-4-13(3)10-16(15)20-9-7-17-19-14(6-8-18)11-21-17/h4-5,10-12H,6-7,9H2,1-3H3. The van der Waals surface area contributed by atoms with Crippen LogP contribution in [0.5, 0.6) is 5.75 Å². The smallest absolute Gasteiger partial charge is 0.123 e. The predicted molar refractivity (Wildman–Crippen MR) is 85.9 cm³/mol. The van der Waals surface area contributed by atoms with Gasteiger partial charge in [-0.25, -0.2) is 4.98 Å². The van der Waals surface area contributed by atoms with Gasteiger partial charge in [-0.2, -0.15) is 5.26 Å². The maximum Gasteiger partial charge on any atom is 0.123 e. The van der Waals surface area contributed by atoms with Crippen LogP contribution in [0.15, 0.2) is 23.6 Å². The Morgan fingerprint density at radius 3 is 2.90 bits per heavy atom. The second-order valence-electron chi connectivity index (χ2n) is 5.36. The number of nitriles is 1. The number of hydrogen-bond acceptors (Lipinski definition) is 4. The summed E-state index contributed by atoms with van der Waals surface area (Å²) in [6.45, 7) is 7.04. The molecular formula is C17H20N2OS. The molecule has 2 aromatic rings. The van der Waals surface area contributed by atoms with Gasteiger partial charge < -0.3 is 4.74 Å². The topological polar surface area (TPSA) is 45.9 Å². The van der Waals surface area contributed by atoms with E-state index in [0.29, 0.717) is 18.9 Å². The highest BCUT2D eigenvalue weighted by Gasteiger charge is 2.09. The van der Waals surface area contributed by atoms with Crippen molar-refractivity contribution in [2.75, 3.05) is 6.61 Å². The fourth-order valence-electron chi connectivity index (χ4n) is 2.12. The molecule has 0 unspecified atom stereocenters. The number of benzene rings is 1. The number of aryl methyl sites for hydroxylation is 1. The van der Waals surface area contributed by atoms with E-state index in [2.05, 4.69) is 50.0 Å². The van der Waals surface area contributed by atoms with Gasteiger partial charge in [-0.15, -0.1) is 11.3 Å². The summed E-state index contributed by atoms with van der Waals surface area (Å²) in [6, 6.07) is 8.48. The number of ether oxygens (including phenoxy) is 1. The first-order chi connectivity index (χ1) is 10.1. The first-order valence-corrected chi connectivity index (χ1v) is 8.01. The third-order valence-electron chi connectivity index (χ3n) is 3.22. The van der Waals surface area contributed by atoms with E-state index in [1.165, 1.54) is 11.1 Å². The maximum absolute atomic E-state index is 8.65. The first-order valence-electron chi connectivity index (χ1n) is 7.13. The van der Waals surface area contributed by atoms with Crippen LogP contribution < -0.4 is 4.74 Å². The van der Waals surface area contributed by atoms with Gasteiger partial charge in [0.15, 0.2) is 0 Å². The molecule has 1 heterocycles. The molecule has 0 bridgehead atoms. The zero-order valence-electron chi connectivity index (χ0n) is 12.7. The number of rotatable bonds is 6. The van der Waals surface area contributed by atoms with Crippen molar-refractivity contribution in [2.24, 2.45) is 0 Å². The van der Waals surface area contributed by atoms with Crippen molar-refractivity contribution in [1.82, 2.24) is 4.98 Å². The Balaban J connectivity index is 1.96. The van der Waals surface area contributed by atoms with E-state index in [1.807, 2.05) is 5.38 Å². The summed E-state index contributed by atoms with van der Waals surface area (Å²) in [6.07, 6.45) is 1.16. The van der Waals surface area contributed by atoms with Gasteiger partial charge in [0, 0.05) is 11.8 Å². The first kappa shape index (κ1) is 15.5. The second-order valence-corrected chi connectivity index (χ2v) is 6.30. The van der Waals surface area contributed by atoms with Crippen molar-refractivity contribution < 1.29 is 4.74 Å². The summed E-state index contributed by atoms with van der Waals surface area (Å²) >= 11 is 1.60. The Morgan fingerprint density at radius 1 is 1.38 bits per heavy atom. The summed E-state index contributed by atoms with van der Waals surface area (Å²) in [7, 11) is 0. The largest absolute Gasteiger partial charge is 0.493 e. The van der Waals surface area contributed by atoms with Gasteiger partial charge in [-0.3, -0.25) is 0 Å².